The van der Waals surface area contributed by atoms with Crippen LogP contribution in [0.1, 0.15) is 56.1 Å². The molecule has 2 saturated carbocycles. The molecule has 8 heteroatoms. The minimum Gasteiger partial charge on any atom is -0.467 e. The summed E-state index contributed by atoms with van der Waals surface area (Å²) in [7, 11) is 0. The summed E-state index contributed by atoms with van der Waals surface area (Å²) in [6, 6.07) is 0. The largest absolute Gasteiger partial charge is 0.467 e. The lowest BCUT2D eigenvalue weighted by Gasteiger charge is -2.22. The van der Waals surface area contributed by atoms with E-state index in [1.165, 1.54) is 17.5 Å². The van der Waals surface area contributed by atoms with Gasteiger partial charge in [-0.25, -0.2) is 4.98 Å². The number of carbonyl (C=O) groups is 2. The van der Waals surface area contributed by atoms with Gasteiger partial charge in [-0.2, -0.15) is 0 Å². The molecule has 2 aliphatic carbocycles. The molecule has 0 saturated heterocycles. The lowest BCUT2D eigenvalue weighted by atomic mass is 10.1. The summed E-state index contributed by atoms with van der Waals surface area (Å²) in [5, 5.41) is 16.4. The molecule has 7 nitrogen and oxygen atoms in total. The fraction of sp³-hybridized carbons (Fsp3) is 0.750. The molecule has 2 aliphatic rings. The maximum atomic E-state index is 12.2. The molecule has 0 spiro atoms. The molecule has 3 rings (SSSR count). The highest BCUT2D eigenvalue weighted by Crippen LogP contribution is 2.57. The summed E-state index contributed by atoms with van der Waals surface area (Å²) in [6.07, 6.45) is 4.59. The lowest BCUT2D eigenvalue weighted by Crippen LogP contribution is -2.42. The van der Waals surface area contributed by atoms with Crippen molar-refractivity contribution in [2.45, 2.75) is 58.1 Å². The second-order valence-corrected chi connectivity index (χ2v) is 9.84. The summed E-state index contributed by atoms with van der Waals surface area (Å²) >= 11 is 1.18. The van der Waals surface area contributed by atoms with Gasteiger partial charge in [0.1, 0.15) is 23.4 Å². The summed E-state index contributed by atoms with van der Waals surface area (Å²) < 4.78 is 5.49. The van der Waals surface area contributed by atoms with Gasteiger partial charge >= 0.3 is 0 Å². The number of amides is 1. The summed E-state index contributed by atoms with van der Waals surface area (Å²) in [5.41, 5.74) is -0.0682. The van der Waals surface area contributed by atoms with Crippen LogP contribution in [-0.4, -0.2) is 53.1 Å². The first-order valence-electron chi connectivity index (χ1n) is 10.1. The molecular weight excluding hydrogens is 378 g/mol. The SMILES string of the molecule is CC(C)(C)NCC(O)COc1ncc(C(=O)NCCCC2C3CCC(=O)C23)s1. The van der Waals surface area contributed by atoms with E-state index in [2.05, 4.69) is 15.6 Å². The fourth-order valence-electron chi connectivity index (χ4n) is 3.89. The zero-order valence-corrected chi connectivity index (χ0v) is 17.7. The normalized spacial score (nSPS) is 24.7. The van der Waals surface area contributed by atoms with E-state index in [0.29, 0.717) is 46.7 Å². The number of thiazole rings is 1. The second kappa shape index (κ2) is 8.88. The van der Waals surface area contributed by atoms with Crippen molar-refractivity contribution >= 4 is 23.0 Å². The molecule has 0 aromatic carbocycles. The number of nitrogens with zero attached hydrogens (tertiary/aromatic N) is 1. The van der Waals surface area contributed by atoms with Crippen LogP contribution in [0.5, 0.6) is 5.19 Å². The Labute approximate surface area is 170 Å². The van der Waals surface area contributed by atoms with Gasteiger partial charge in [0, 0.05) is 31.0 Å². The number of rotatable bonds is 10. The minimum absolute atomic E-state index is 0.0682. The van der Waals surface area contributed by atoms with E-state index in [1.807, 2.05) is 20.8 Å². The Balaban J connectivity index is 1.31. The number of aliphatic hydroxyl groups is 1. The standard InChI is InChI=1S/C20H31N3O4S/c1-20(2,3)23-9-12(24)11-27-19-22-10-16(28-19)18(26)21-8-4-5-13-14-6-7-15(25)17(13)14/h10,12-14,17,23-24H,4-9,11H2,1-3H3,(H,21,26). The summed E-state index contributed by atoms with van der Waals surface area (Å²) in [6.45, 7) is 7.25. The number of ether oxygens (including phenoxy) is 1. The average Bonchev–Trinajstić information content (AvgIpc) is 2.93. The molecule has 2 fully saturated rings. The number of carbonyl (C=O) groups excluding carboxylic acids is 2. The van der Waals surface area contributed by atoms with Crippen LogP contribution in [0.4, 0.5) is 0 Å². The molecule has 1 aromatic heterocycles. The monoisotopic (exact) mass is 409 g/mol. The summed E-state index contributed by atoms with van der Waals surface area (Å²) in [4.78, 5) is 28.4. The van der Waals surface area contributed by atoms with Crippen LogP contribution in [0, 0.1) is 17.8 Å². The predicted octanol–water partition coefficient (Wildman–Crippen LogP) is 2.01. The third-order valence-corrected chi connectivity index (χ3v) is 6.31. The number of aliphatic hydroxyl groups excluding tert-OH is 1. The van der Waals surface area contributed by atoms with Crippen LogP contribution in [0.3, 0.4) is 0 Å². The number of fused-ring (bicyclic) bond motifs is 1. The van der Waals surface area contributed by atoms with Gasteiger partial charge in [-0.3, -0.25) is 9.59 Å². The predicted molar refractivity (Wildman–Crippen MR) is 108 cm³/mol. The van der Waals surface area contributed by atoms with Crippen LogP contribution in [0.15, 0.2) is 6.20 Å². The van der Waals surface area contributed by atoms with Crippen LogP contribution in [-0.2, 0) is 4.79 Å². The smallest absolute Gasteiger partial charge is 0.273 e. The van der Waals surface area contributed by atoms with Crippen molar-refractivity contribution in [2.75, 3.05) is 19.7 Å². The third kappa shape index (κ3) is 5.75. The lowest BCUT2D eigenvalue weighted by molar-refractivity contribution is -0.119. The Morgan fingerprint density at radius 2 is 2.25 bits per heavy atom. The molecule has 0 aliphatic heterocycles. The first kappa shape index (κ1) is 21.2. The Morgan fingerprint density at radius 1 is 1.46 bits per heavy atom. The van der Waals surface area contributed by atoms with Crippen molar-refractivity contribution in [3.8, 4) is 5.19 Å². The van der Waals surface area contributed by atoms with Crippen molar-refractivity contribution in [2.24, 2.45) is 17.8 Å². The van der Waals surface area contributed by atoms with Gasteiger partial charge in [-0.1, -0.05) is 11.3 Å². The van der Waals surface area contributed by atoms with Crippen molar-refractivity contribution in [3.05, 3.63) is 11.1 Å². The number of aromatic nitrogens is 1. The number of ketones is 1. The van der Waals surface area contributed by atoms with E-state index in [4.69, 9.17) is 4.74 Å². The first-order valence-corrected chi connectivity index (χ1v) is 10.9. The van der Waals surface area contributed by atoms with Crippen molar-refractivity contribution < 1.29 is 19.4 Å². The van der Waals surface area contributed by atoms with E-state index in [1.54, 1.807) is 0 Å². The Morgan fingerprint density at radius 3 is 2.93 bits per heavy atom. The Kier molecular flexibility index (Phi) is 6.73. The number of Topliss-reactive ketones (excluding diaryl/α,β-unsaturated/α-hetero) is 1. The maximum absolute atomic E-state index is 12.2. The third-order valence-electron chi connectivity index (χ3n) is 5.40. The van der Waals surface area contributed by atoms with Gasteiger partial charge in [0.05, 0.1) is 6.20 Å². The molecule has 1 amide bonds. The van der Waals surface area contributed by atoms with Gasteiger partial charge < -0.3 is 20.5 Å². The van der Waals surface area contributed by atoms with Gasteiger partial charge in [0.15, 0.2) is 0 Å². The first-order chi connectivity index (χ1) is 13.2. The quantitative estimate of drug-likeness (QED) is 0.511. The number of nitrogens with one attached hydrogen (secondary N) is 2. The zero-order chi connectivity index (χ0) is 20.3. The molecule has 0 radical (unpaired) electrons. The number of β-amino-alcohol motifs (C(OH)–C–C–N with tert-alkyl or cyclic N) is 1. The maximum Gasteiger partial charge on any atom is 0.273 e. The molecule has 4 unspecified atom stereocenters. The number of hydrogen-bond donors (Lipinski definition) is 3. The van der Waals surface area contributed by atoms with Crippen LogP contribution in [0.2, 0.25) is 0 Å². The number of hydrogen-bond acceptors (Lipinski definition) is 7. The second-order valence-electron chi connectivity index (χ2n) is 8.84. The molecule has 1 heterocycles. The highest BCUT2D eigenvalue weighted by molar-refractivity contribution is 7.15. The Hall–Kier alpha value is -1.51. The van der Waals surface area contributed by atoms with Gasteiger partial charge in [-0.15, -0.1) is 0 Å². The molecule has 28 heavy (non-hydrogen) atoms. The van der Waals surface area contributed by atoms with Crippen molar-refractivity contribution in [1.29, 1.82) is 0 Å². The molecular formula is C20H31N3O4S. The van der Waals surface area contributed by atoms with Gasteiger partial charge in [-0.05, 0) is 51.9 Å². The van der Waals surface area contributed by atoms with Crippen molar-refractivity contribution in [3.63, 3.8) is 0 Å². The molecule has 1 aromatic rings. The highest BCUT2D eigenvalue weighted by Gasteiger charge is 2.56. The van der Waals surface area contributed by atoms with E-state index in [0.717, 1.165) is 25.7 Å². The minimum atomic E-state index is -0.644. The van der Waals surface area contributed by atoms with E-state index in [-0.39, 0.29) is 18.1 Å². The van der Waals surface area contributed by atoms with Gasteiger partial charge in [0.25, 0.3) is 11.1 Å². The van der Waals surface area contributed by atoms with Crippen LogP contribution >= 0.6 is 11.3 Å². The molecule has 3 N–H and O–H groups in total. The molecule has 4 atom stereocenters. The van der Waals surface area contributed by atoms with E-state index in [9.17, 15) is 14.7 Å². The van der Waals surface area contributed by atoms with Crippen molar-refractivity contribution in [1.82, 2.24) is 15.6 Å². The van der Waals surface area contributed by atoms with Gasteiger partial charge in [0.2, 0.25) is 0 Å². The van der Waals surface area contributed by atoms with E-state index >= 15 is 0 Å². The van der Waals surface area contributed by atoms with Crippen LogP contribution < -0.4 is 15.4 Å². The summed E-state index contributed by atoms with van der Waals surface area (Å²) in [5.74, 6) is 1.79. The fourth-order valence-corrected chi connectivity index (χ4v) is 4.58. The zero-order valence-electron chi connectivity index (χ0n) is 16.9. The topological polar surface area (TPSA) is 101 Å². The molecule has 0 bridgehead atoms. The molecule has 156 valence electrons. The van der Waals surface area contributed by atoms with E-state index < -0.39 is 6.10 Å². The van der Waals surface area contributed by atoms with Crippen LogP contribution in [0.25, 0.3) is 0 Å². The average molecular weight is 410 g/mol. The highest BCUT2D eigenvalue weighted by atomic mass is 32.1. The Bertz CT molecular complexity index is 700.